The highest BCUT2D eigenvalue weighted by molar-refractivity contribution is 6.10. The van der Waals surface area contributed by atoms with Crippen LogP contribution in [0.15, 0.2) is 47.4 Å². The van der Waals surface area contributed by atoms with Gasteiger partial charge in [-0.2, -0.15) is 0 Å². The number of nitrogens with one attached hydrogen (secondary N) is 1. The fourth-order valence-corrected chi connectivity index (χ4v) is 2.58. The molecule has 24 heavy (non-hydrogen) atoms. The van der Waals surface area contributed by atoms with E-state index >= 15 is 0 Å². The summed E-state index contributed by atoms with van der Waals surface area (Å²) >= 11 is 0. The van der Waals surface area contributed by atoms with E-state index in [1.807, 2.05) is 19.1 Å². The standard InChI is InChI=1S/C19H17NO4/c1-11-4-6-12(7-5-11)18(21)14-10-20-15-9-17(24-3)16(23-2)8-13(15)19(14)22/h4-10H,1-3H3,(H,20,22). The minimum absolute atomic E-state index is 0.0959. The molecule has 3 rings (SSSR count). The average Bonchev–Trinajstić information content (AvgIpc) is 2.61. The summed E-state index contributed by atoms with van der Waals surface area (Å²) in [6, 6.07) is 10.4. The van der Waals surface area contributed by atoms with Gasteiger partial charge in [0.15, 0.2) is 17.3 Å². The molecule has 122 valence electrons. The lowest BCUT2D eigenvalue weighted by Crippen LogP contribution is -2.17. The number of ketones is 1. The number of benzene rings is 2. The van der Waals surface area contributed by atoms with Crippen LogP contribution in [0, 0.1) is 6.92 Å². The summed E-state index contributed by atoms with van der Waals surface area (Å²) in [5, 5.41) is 0.380. The number of methoxy groups -OCH3 is 2. The Kier molecular flexibility index (Phi) is 4.08. The molecule has 0 atom stereocenters. The topological polar surface area (TPSA) is 68.4 Å². The highest BCUT2D eigenvalue weighted by Gasteiger charge is 2.17. The minimum atomic E-state index is -0.338. The van der Waals surface area contributed by atoms with Gasteiger partial charge in [-0.3, -0.25) is 9.59 Å². The second kappa shape index (κ2) is 6.20. The molecule has 3 aromatic rings. The summed E-state index contributed by atoms with van der Waals surface area (Å²) in [6.45, 7) is 1.94. The number of ether oxygens (including phenoxy) is 2. The normalized spacial score (nSPS) is 10.6. The molecule has 0 spiro atoms. The molecule has 0 unspecified atom stereocenters. The third kappa shape index (κ3) is 2.65. The highest BCUT2D eigenvalue weighted by atomic mass is 16.5. The van der Waals surface area contributed by atoms with Crippen LogP contribution in [0.3, 0.4) is 0 Å². The fraction of sp³-hybridized carbons (Fsp3) is 0.158. The molecule has 1 aromatic heterocycles. The number of carbonyl (C=O) groups excluding carboxylic acids is 1. The third-order valence-electron chi connectivity index (χ3n) is 3.94. The van der Waals surface area contributed by atoms with Gasteiger partial charge in [0.25, 0.3) is 0 Å². The zero-order chi connectivity index (χ0) is 17.3. The Morgan fingerprint density at radius 1 is 1.00 bits per heavy atom. The molecule has 0 saturated heterocycles. The molecular formula is C19H17NO4. The number of H-pyrrole nitrogens is 1. The second-order valence-corrected chi connectivity index (χ2v) is 5.48. The van der Waals surface area contributed by atoms with Crippen molar-refractivity contribution in [2.45, 2.75) is 6.92 Å². The Bertz CT molecular complexity index is 971. The zero-order valence-corrected chi connectivity index (χ0v) is 13.7. The monoisotopic (exact) mass is 323 g/mol. The van der Waals surface area contributed by atoms with E-state index in [0.29, 0.717) is 28.0 Å². The van der Waals surface area contributed by atoms with Crippen molar-refractivity contribution in [3.8, 4) is 11.5 Å². The molecule has 2 aromatic carbocycles. The van der Waals surface area contributed by atoms with Crippen molar-refractivity contribution in [1.82, 2.24) is 4.98 Å². The van der Waals surface area contributed by atoms with Crippen LogP contribution >= 0.6 is 0 Å². The van der Waals surface area contributed by atoms with E-state index in [-0.39, 0.29) is 16.8 Å². The quantitative estimate of drug-likeness (QED) is 0.749. The third-order valence-corrected chi connectivity index (χ3v) is 3.94. The lowest BCUT2D eigenvalue weighted by molar-refractivity contribution is 0.103. The van der Waals surface area contributed by atoms with Crippen molar-refractivity contribution >= 4 is 16.7 Å². The van der Waals surface area contributed by atoms with Crippen molar-refractivity contribution in [1.29, 1.82) is 0 Å². The van der Waals surface area contributed by atoms with Crippen LogP contribution in [0.5, 0.6) is 11.5 Å². The number of fused-ring (bicyclic) bond motifs is 1. The molecule has 0 aliphatic heterocycles. The summed E-state index contributed by atoms with van der Waals surface area (Å²) in [4.78, 5) is 28.4. The molecule has 0 saturated carbocycles. The zero-order valence-electron chi connectivity index (χ0n) is 13.7. The van der Waals surface area contributed by atoms with E-state index < -0.39 is 0 Å². The predicted octanol–water partition coefficient (Wildman–Crippen LogP) is 3.08. The fourth-order valence-electron chi connectivity index (χ4n) is 2.58. The predicted molar refractivity (Wildman–Crippen MR) is 92.3 cm³/mol. The van der Waals surface area contributed by atoms with E-state index in [0.717, 1.165) is 5.56 Å². The number of aromatic amines is 1. The van der Waals surface area contributed by atoms with Gasteiger partial charge >= 0.3 is 0 Å². The van der Waals surface area contributed by atoms with Crippen molar-refractivity contribution < 1.29 is 14.3 Å². The van der Waals surface area contributed by atoms with Gasteiger partial charge in [0.05, 0.1) is 30.7 Å². The van der Waals surface area contributed by atoms with E-state index in [1.165, 1.54) is 20.4 Å². The van der Waals surface area contributed by atoms with Crippen molar-refractivity contribution in [2.75, 3.05) is 14.2 Å². The van der Waals surface area contributed by atoms with Crippen LogP contribution in [0.25, 0.3) is 10.9 Å². The maximum atomic E-state index is 12.7. The highest BCUT2D eigenvalue weighted by Crippen LogP contribution is 2.30. The lowest BCUT2D eigenvalue weighted by Gasteiger charge is -2.09. The SMILES string of the molecule is COc1cc2[nH]cc(C(=O)c3ccc(C)cc3)c(=O)c2cc1OC. The van der Waals surface area contributed by atoms with Gasteiger partial charge in [0.1, 0.15) is 0 Å². The Hall–Kier alpha value is -3.08. The Labute approximate surface area is 138 Å². The van der Waals surface area contributed by atoms with Gasteiger partial charge in [-0.15, -0.1) is 0 Å². The molecule has 1 N–H and O–H groups in total. The number of aryl methyl sites for hydroxylation is 1. The van der Waals surface area contributed by atoms with Gasteiger partial charge in [-0.25, -0.2) is 0 Å². The second-order valence-electron chi connectivity index (χ2n) is 5.48. The molecular weight excluding hydrogens is 306 g/mol. The van der Waals surface area contributed by atoms with Crippen LogP contribution in [0.4, 0.5) is 0 Å². The maximum absolute atomic E-state index is 12.7. The molecule has 1 heterocycles. The Morgan fingerprint density at radius 3 is 2.25 bits per heavy atom. The number of carbonyl (C=O) groups is 1. The number of hydrogen-bond donors (Lipinski definition) is 1. The number of aromatic nitrogens is 1. The summed E-state index contributed by atoms with van der Waals surface area (Å²) in [7, 11) is 3.02. The molecule has 0 bridgehead atoms. The lowest BCUT2D eigenvalue weighted by atomic mass is 10.0. The van der Waals surface area contributed by atoms with Crippen molar-refractivity contribution in [3.63, 3.8) is 0 Å². The van der Waals surface area contributed by atoms with Crippen LogP contribution in [0.2, 0.25) is 0 Å². The molecule has 0 radical (unpaired) electrons. The summed E-state index contributed by atoms with van der Waals surface area (Å²) < 4.78 is 10.5. The smallest absolute Gasteiger partial charge is 0.200 e. The van der Waals surface area contributed by atoms with Crippen LogP contribution < -0.4 is 14.9 Å². The number of pyridine rings is 1. The van der Waals surface area contributed by atoms with Crippen molar-refractivity contribution in [3.05, 3.63) is 69.5 Å². The summed E-state index contributed by atoms with van der Waals surface area (Å²) in [5.41, 5.74) is 1.87. The van der Waals surface area contributed by atoms with Crippen LogP contribution in [0.1, 0.15) is 21.5 Å². The Balaban J connectivity index is 2.16. The Morgan fingerprint density at radius 2 is 1.62 bits per heavy atom. The first-order valence-electron chi connectivity index (χ1n) is 7.44. The van der Waals surface area contributed by atoms with Crippen molar-refractivity contribution in [2.24, 2.45) is 0 Å². The first-order chi connectivity index (χ1) is 11.5. The first-order valence-corrected chi connectivity index (χ1v) is 7.44. The van der Waals surface area contributed by atoms with Crippen LogP contribution in [-0.2, 0) is 0 Å². The molecule has 0 fully saturated rings. The molecule has 5 heteroatoms. The minimum Gasteiger partial charge on any atom is -0.493 e. The molecule has 0 aliphatic rings. The molecule has 0 amide bonds. The number of hydrogen-bond acceptors (Lipinski definition) is 4. The first kappa shape index (κ1) is 15.8. The van der Waals surface area contributed by atoms with E-state index in [2.05, 4.69) is 4.98 Å². The van der Waals surface area contributed by atoms with E-state index in [4.69, 9.17) is 9.47 Å². The summed E-state index contributed by atoms with van der Waals surface area (Å²) in [5.74, 6) is 0.640. The van der Waals surface area contributed by atoms with Gasteiger partial charge in [-0.1, -0.05) is 29.8 Å². The van der Waals surface area contributed by atoms with Gasteiger partial charge in [0, 0.05) is 17.8 Å². The molecule has 5 nitrogen and oxygen atoms in total. The van der Waals surface area contributed by atoms with Gasteiger partial charge in [0.2, 0.25) is 5.43 Å². The maximum Gasteiger partial charge on any atom is 0.200 e. The average molecular weight is 323 g/mol. The van der Waals surface area contributed by atoms with Gasteiger partial charge < -0.3 is 14.5 Å². The van der Waals surface area contributed by atoms with Crippen LogP contribution in [-0.4, -0.2) is 25.0 Å². The van der Waals surface area contributed by atoms with E-state index in [9.17, 15) is 9.59 Å². The summed E-state index contributed by atoms with van der Waals surface area (Å²) in [6.07, 6.45) is 1.44. The largest absolute Gasteiger partial charge is 0.493 e. The van der Waals surface area contributed by atoms with E-state index in [1.54, 1.807) is 24.3 Å². The number of rotatable bonds is 4. The van der Waals surface area contributed by atoms with Gasteiger partial charge in [-0.05, 0) is 13.0 Å². The molecule has 0 aliphatic carbocycles.